The van der Waals surface area contributed by atoms with Gasteiger partial charge in [0.05, 0.1) is 12.1 Å². The van der Waals surface area contributed by atoms with Crippen LogP contribution in [0.25, 0.3) is 11.1 Å². The van der Waals surface area contributed by atoms with Gasteiger partial charge in [-0.05, 0) is 42.5 Å². The highest BCUT2D eigenvalue weighted by atomic mass is 16.4. The number of carboxylic acids is 1. The van der Waals surface area contributed by atoms with Gasteiger partial charge >= 0.3 is 11.7 Å². The molecule has 1 aliphatic rings. The van der Waals surface area contributed by atoms with Crippen LogP contribution in [0.2, 0.25) is 0 Å². The van der Waals surface area contributed by atoms with E-state index in [1.165, 1.54) is 19.3 Å². The minimum Gasteiger partial charge on any atom is -0.478 e. The average molecular weight is 431 g/mol. The van der Waals surface area contributed by atoms with Crippen molar-refractivity contribution in [1.29, 1.82) is 0 Å². The number of benzene rings is 2. The van der Waals surface area contributed by atoms with Crippen molar-refractivity contribution in [3.05, 3.63) is 94.2 Å². The fourth-order valence-electron chi connectivity index (χ4n) is 4.63. The van der Waals surface area contributed by atoms with Crippen LogP contribution in [0.5, 0.6) is 0 Å². The third-order valence-corrected chi connectivity index (χ3v) is 6.38. The molecule has 1 aliphatic carbocycles. The second-order valence-corrected chi connectivity index (χ2v) is 8.51. The molecule has 0 spiro atoms. The van der Waals surface area contributed by atoms with E-state index in [1.807, 2.05) is 58.5 Å². The smallest absolute Gasteiger partial charge is 0.336 e. The molecule has 1 heterocycles. The summed E-state index contributed by atoms with van der Waals surface area (Å²) in [6.07, 6.45) is 12.7. The van der Waals surface area contributed by atoms with Gasteiger partial charge in [0.25, 0.3) is 0 Å². The quantitative estimate of drug-likeness (QED) is 0.490. The standard InChI is InChI=1S/C27H30N2O3/c1-2-3-9-23-19-29(22-10-5-4-6-11-22)27(32)28(23)18-20-14-16-21(17-15-20)24-12-7-8-13-25(24)26(30)31/h2-3,7-8,12-17,19,22H,4-6,9-11,18H2,1H3,(H,30,31)/b3-2+. The van der Waals surface area contributed by atoms with Crippen LogP contribution >= 0.6 is 0 Å². The largest absolute Gasteiger partial charge is 0.478 e. The van der Waals surface area contributed by atoms with Crippen LogP contribution < -0.4 is 5.69 Å². The number of imidazole rings is 1. The Kier molecular flexibility index (Phi) is 6.74. The van der Waals surface area contributed by atoms with Gasteiger partial charge in [-0.15, -0.1) is 0 Å². The lowest BCUT2D eigenvalue weighted by Crippen LogP contribution is -2.29. The number of allylic oxidation sites excluding steroid dienone is 2. The number of hydrogen-bond acceptors (Lipinski definition) is 2. The van der Waals surface area contributed by atoms with Crippen LogP contribution in [0.4, 0.5) is 0 Å². The van der Waals surface area contributed by atoms with E-state index in [1.54, 1.807) is 12.1 Å². The molecule has 2 aromatic carbocycles. The third kappa shape index (κ3) is 4.62. The van der Waals surface area contributed by atoms with E-state index in [0.29, 0.717) is 18.2 Å². The van der Waals surface area contributed by atoms with Crippen LogP contribution in [-0.4, -0.2) is 20.2 Å². The summed E-state index contributed by atoms with van der Waals surface area (Å²) in [6.45, 7) is 2.50. The van der Waals surface area contributed by atoms with E-state index in [4.69, 9.17) is 0 Å². The summed E-state index contributed by atoms with van der Waals surface area (Å²) in [7, 11) is 0. The summed E-state index contributed by atoms with van der Waals surface area (Å²) in [6, 6.07) is 15.2. The maximum atomic E-state index is 13.3. The number of hydrogen-bond donors (Lipinski definition) is 1. The molecule has 5 nitrogen and oxygen atoms in total. The van der Waals surface area contributed by atoms with Gasteiger partial charge in [-0.3, -0.25) is 9.13 Å². The lowest BCUT2D eigenvalue weighted by Gasteiger charge is -2.22. The highest BCUT2D eigenvalue weighted by molar-refractivity contribution is 5.95. The minimum absolute atomic E-state index is 0.0664. The first-order chi connectivity index (χ1) is 15.6. The molecule has 5 heteroatoms. The van der Waals surface area contributed by atoms with E-state index < -0.39 is 5.97 Å². The molecule has 1 fully saturated rings. The van der Waals surface area contributed by atoms with E-state index in [0.717, 1.165) is 36.1 Å². The van der Waals surface area contributed by atoms with E-state index in [9.17, 15) is 14.7 Å². The lowest BCUT2D eigenvalue weighted by atomic mass is 9.95. The summed E-state index contributed by atoms with van der Waals surface area (Å²) in [4.78, 5) is 24.9. The minimum atomic E-state index is -0.936. The second kappa shape index (κ2) is 9.86. The van der Waals surface area contributed by atoms with Crippen molar-refractivity contribution >= 4 is 5.97 Å². The van der Waals surface area contributed by atoms with Gasteiger partial charge in [-0.2, -0.15) is 0 Å². The molecule has 0 saturated heterocycles. The molecule has 166 valence electrons. The van der Waals surface area contributed by atoms with Crippen molar-refractivity contribution < 1.29 is 9.90 Å². The highest BCUT2D eigenvalue weighted by Gasteiger charge is 2.20. The SMILES string of the molecule is C/C=C/Cc1cn(C2CCCCC2)c(=O)n1Cc1ccc(-c2ccccc2C(=O)O)cc1. The second-order valence-electron chi connectivity index (χ2n) is 8.51. The fraction of sp³-hybridized carbons (Fsp3) is 0.333. The Hall–Kier alpha value is -3.34. The predicted molar refractivity (Wildman–Crippen MR) is 127 cm³/mol. The van der Waals surface area contributed by atoms with Crippen molar-refractivity contribution in [1.82, 2.24) is 9.13 Å². The van der Waals surface area contributed by atoms with Gasteiger partial charge in [0.1, 0.15) is 0 Å². The summed E-state index contributed by atoms with van der Waals surface area (Å²) in [5, 5.41) is 9.47. The molecule has 1 N–H and O–H groups in total. The zero-order valence-corrected chi connectivity index (χ0v) is 18.5. The predicted octanol–water partition coefficient (Wildman–Crippen LogP) is 5.69. The van der Waals surface area contributed by atoms with E-state index in [-0.39, 0.29) is 11.3 Å². The van der Waals surface area contributed by atoms with Crippen molar-refractivity contribution in [3.63, 3.8) is 0 Å². The maximum Gasteiger partial charge on any atom is 0.336 e. The topological polar surface area (TPSA) is 64.2 Å². The number of rotatable bonds is 7. The number of carboxylic acid groups (broad SMARTS) is 1. The first kappa shape index (κ1) is 21.9. The molecule has 0 atom stereocenters. The molecule has 0 amide bonds. The van der Waals surface area contributed by atoms with E-state index in [2.05, 4.69) is 12.3 Å². The molecule has 1 aromatic heterocycles. The van der Waals surface area contributed by atoms with Crippen LogP contribution in [0.15, 0.2) is 71.7 Å². The first-order valence-electron chi connectivity index (χ1n) is 11.4. The van der Waals surface area contributed by atoms with Crippen LogP contribution in [-0.2, 0) is 13.0 Å². The molecule has 0 aliphatic heterocycles. The van der Waals surface area contributed by atoms with Crippen molar-refractivity contribution in [2.24, 2.45) is 0 Å². The Labute approximate surface area is 188 Å². The highest BCUT2D eigenvalue weighted by Crippen LogP contribution is 2.28. The average Bonchev–Trinajstić information content (AvgIpc) is 3.14. The molecular weight excluding hydrogens is 400 g/mol. The van der Waals surface area contributed by atoms with Crippen molar-refractivity contribution in [2.45, 2.75) is 58.0 Å². The molecule has 3 aromatic rings. The van der Waals surface area contributed by atoms with Gasteiger partial charge in [0.2, 0.25) is 0 Å². The summed E-state index contributed by atoms with van der Waals surface area (Å²) in [5.41, 5.74) is 3.95. The van der Waals surface area contributed by atoms with Gasteiger partial charge in [0.15, 0.2) is 0 Å². The van der Waals surface area contributed by atoms with Gasteiger partial charge in [0, 0.05) is 24.4 Å². The monoisotopic (exact) mass is 430 g/mol. The van der Waals surface area contributed by atoms with Crippen molar-refractivity contribution in [3.8, 4) is 11.1 Å². The Morgan fingerprint density at radius 3 is 2.47 bits per heavy atom. The van der Waals surface area contributed by atoms with Gasteiger partial charge in [-0.25, -0.2) is 9.59 Å². The number of carbonyl (C=O) groups is 1. The fourth-order valence-corrected chi connectivity index (χ4v) is 4.63. The molecule has 1 saturated carbocycles. The summed E-state index contributed by atoms with van der Waals surface area (Å²) >= 11 is 0. The summed E-state index contributed by atoms with van der Waals surface area (Å²) < 4.78 is 3.84. The van der Waals surface area contributed by atoms with Crippen molar-refractivity contribution in [2.75, 3.05) is 0 Å². The molecule has 0 radical (unpaired) electrons. The first-order valence-corrected chi connectivity index (χ1v) is 11.4. The zero-order chi connectivity index (χ0) is 22.5. The van der Waals surface area contributed by atoms with Crippen LogP contribution in [0, 0.1) is 0 Å². The molecule has 0 unspecified atom stereocenters. The lowest BCUT2D eigenvalue weighted by molar-refractivity contribution is 0.0697. The molecule has 0 bridgehead atoms. The van der Waals surface area contributed by atoms with Gasteiger partial charge in [-0.1, -0.05) is 73.9 Å². The number of aromatic nitrogens is 2. The number of aromatic carboxylic acids is 1. The Bertz CT molecular complexity index is 1160. The zero-order valence-electron chi connectivity index (χ0n) is 18.5. The molecule has 4 rings (SSSR count). The molecule has 32 heavy (non-hydrogen) atoms. The van der Waals surface area contributed by atoms with Gasteiger partial charge < -0.3 is 5.11 Å². The van der Waals surface area contributed by atoms with Crippen LogP contribution in [0.1, 0.15) is 66.7 Å². The third-order valence-electron chi connectivity index (χ3n) is 6.38. The summed E-state index contributed by atoms with van der Waals surface area (Å²) in [5.74, 6) is -0.936. The Morgan fingerprint density at radius 1 is 1.06 bits per heavy atom. The van der Waals surface area contributed by atoms with Crippen LogP contribution in [0.3, 0.4) is 0 Å². The van der Waals surface area contributed by atoms with E-state index >= 15 is 0 Å². The Balaban J connectivity index is 1.63. The normalized spacial score (nSPS) is 14.8. The number of nitrogens with zero attached hydrogens (tertiary/aromatic N) is 2. The maximum absolute atomic E-state index is 13.3. The molecular formula is C27H30N2O3. The Morgan fingerprint density at radius 2 is 1.78 bits per heavy atom.